The highest BCUT2D eigenvalue weighted by Gasteiger charge is 2.30. The van der Waals surface area contributed by atoms with Crippen LogP contribution >= 0.6 is 0 Å². The van der Waals surface area contributed by atoms with Crippen LogP contribution in [0, 0.1) is 0 Å². The number of hydrogen-bond acceptors (Lipinski definition) is 3. The van der Waals surface area contributed by atoms with E-state index in [9.17, 15) is 4.79 Å². The number of carbonyl (C=O) groups is 1. The first kappa shape index (κ1) is 11.1. The molecule has 16 heavy (non-hydrogen) atoms. The Morgan fingerprint density at radius 1 is 1.50 bits per heavy atom. The third-order valence-electron chi connectivity index (χ3n) is 2.67. The minimum atomic E-state index is -0.360. The van der Waals surface area contributed by atoms with Crippen LogP contribution < -0.4 is 0 Å². The van der Waals surface area contributed by atoms with E-state index in [-0.39, 0.29) is 17.6 Å². The summed E-state index contributed by atoms with van der Waals surface area (Å²) < 4.78 is 1.77. The van der Waals surface area contributed by atoms with Gasteiger partial charge in [0.2, 0.25) is 0 Å². The average molecular weight is 223 g/mol. The molecule has 5 heteroatoms. The van der Waals surface area contributed by atoms with Crippen molar-refractivity contribution in [3.63, 3.8) is 0 Å². The molecule has 1 amide bonds. The first-order valence-corrected chi connectivity index (χ1v) is 5.40. The van der Waals surface area contributed by atoms with Crippen LogP contribution in [-0.4, -0.2) is 44.9 Å². The van der Waals surface area contributed by atoms with Crippen molar-refractivity contribution >= 4 is 5.91 Å². The normalized spacial score (nSPS) is 17.4. The molecule has 0 atom stereocenters. The number of amides is 1. The zero-order valence-corrected chi connectivity index (χ0v) is 9.84. The Kier molecular flexibility index (Phi) is 2.50. The molecule has 1 saturated heterocycles. The second-order valence-corrected chi connectivity index (χ2v) is 5.21. The quantitative estimate of drug-likeness (QED) is 0.752. The van der Waals surface area contributed by atoms with Crippen molar-refractivity contribution in [1.82, 2.24) is 14.7 Å². The van der Waals surface area contributed by atoms with Gasteiger partial charge in [-0.1, -0.05) is 0 Å². The highest BCUT2D eigenvalue weighted by molar-refractivity contribution is 5.94. The van der Waals surface area contributed by atoms with Crippen LogP contribution in [0.25, 0.3) is 0 Å². The number of aliphatic hydroxyl groups is 1. The summed E-state index contributed by atoms with van der Waals surface area (Å²) in [6.07, 6.45) is 2.98. The van der Waals surface area contributed by atoms with E-state index in [1.165, 1.54) is 0 Å². The van der Waals surface area contributed by atoms with Gasteiger partial charge in [0.15, 0.2) is 0 Å². The molecule has 5 nitrogen and oxygen atoms in total. The molecule has 2 rings (SSSR count). The highest BCUT2D eigenvalue weighted by Crippen LogP contribution is 2.16. The Hall–Kier alpha value is -1.36. The summed E-state index contributed by atoms with van der Waals surface area (Å²) in [6, 6.07) is 0. The van der Waals surface area contributed by atoms with Crippen molar-refractivity contribution in [3.8, 4) is 0 Å². The Bertz CT molecular complexity index is 400. The molecule has 0 spiro atoms. The monoisotopic (exact) mass is 223 g/mol. The number of β-amino-alcohol motifs (C(OH)–C–C–N with tert-alkyl or cyclic N) is 1. The van der Waals surface area contributed by atoms with Gasteiger partial charge in [0.1, 0.15) is 0 Å². The van der Waals surface area contributed by atoms with E-state index >= 15 is 0 Å². The minimum absolute atomic E-state index is 0.0548. The molecule has 1 aliphatic heterocycles. The maximum Gasteiger partial charge on any atom is 0.257 e. The second kappa shape index (κ2) is 3.59. The predicted octanol–water partition coefficient (Wildman–Crippen LogP) is 0.455. The maximum absolute atomic E-state index is 11.9. The molecule has 0 unspecified atom stereocenters. The van der Waals surface area contributed by atoms with Gasteiger partial charge in [-0.05, 0) is 20.8 Å². The van der Waals surface area contributed by atoms with Crippen LogP contribution in [0.4, 0.5) is 0 Å². The van der Waals surface area contributed by atoms with Crippen LogP contribution in [0.3, 0.4) is 0 Å². The lowest BCUT2D eigenvalue weighted by Gasteiger charge is -2.35. The summed E-state index contributed by atoms with van der Waals surface area (Å²) >= 11 is 0. The summed E-state index contributed by atoms with van der Waals surface area (Å²) in [7, 11) is 0. The Morgan fingerprint density at radius 3 is 2.56 bits per heavy atom. The zero-order chi connectivity index (χ0) is 11.9. The third kappa shape index (κ3) is 1.95. The van der Waals surface area contributed by atoms with Gasteiger partial charge >= 0.3 is 0 Å². The molecule has 88 valence electrons. The van der Waals surface area contributed by atoms with E-state index in [0.717, 1.165) is 0 Å². The molecule has 0 aromatic carbocycles. The standard InChI is InChI=1S/C11H17N3O2/c1-11(2,3)14-5-8(4-12-14)10(16)13-6-9(15)7-13/h4-5,9,15H,6-7H2,1-3H3. The summed E-state index contributed by atoms with van der Waals surface area (Å²) in [5.74, 6) is -0.0548. The van der Waals surface area contributed by atoms with Gasteiger partial charge in [-0.15, -0.1) is 0 Å². The largest absolute Gasteiger partial charge is 0.389 e. The van der Waals surface area contributed by atoms with Crippen LogP contribution in [0.5, 0.6) is 0 Å². The first-order valence-electron chi connectivity index (χ1n) is 5.40. The molecule has 1 fully saturated rings. The van der Waals surface area contributed by atoms with Gasteiger partial charge in [-0.3, -0.25) is 9.48 Å². The van der Waals surface area contributed by atoms with E-state index in [1.54, 1.807) is 22.0 Å². The lowest BCUT2D eigenvalue weighted by Crippen LogP contribution is -2.53. The first-order chi connectivity index (χ1) is 7.38. The van der Waals surface area contributed by atoms with Crippen LogP contribution in [0.15, 0.2) is 12.4 Å². The van der Waals surface area contributed by atoms with E-state index in [0.29, 0.717) is 18.7 Å². The molecule has 1 aliphatic rings. The molecule has 1 aromatic heterocycles. The van der Waals surface area contributed by atoms with Gasteiger partial charge in [0.05, 0.1) is 23.4 Å². The number of rotatable bonds is 1. The third-order valence-corrected chi connectivity index (χ3v) is 2.67. The SMILES string of the molecule is CC(C)(C)n1cc(C(=O)N2CC(O)C2)cn1. The van der Waals surface area contributed by atoms with E-state index in [1.807, 2.05) is 20.8 Å². The van der Waals surface area contributed by atoms with Crippen molar-refractivity contribution in [2.75, 3.05) is 13.1 Å². The average Bonchev–Trinajstić information content (AvgIpc) is 2.59. The van der Waals surface area contributed by atoms with Gasteiger partial charge < -0.3 is 10.0 Å². The Morgan fingerprint density at radius 2 is 2.12 bits per heavy atom. The van der Waals surface area contributed by atoms with Crippen LogP contribution in [-0.2, 0) is 5.54 Å². The van der Waals surface area contributed by atoms with Crippen molar-refractivity contribution < 1.29 is 9.90 Å². The molecule has 2 heterocycles. The second-order valence-electron chi connectivity index (χ2n) is 5.21. The fraction of sp³-hybridized carbons (Fsp3) is 0.636. The minimum Gasteiger partial charge on any atom is -0.389 e. The fourth-order valence-corrected chi connectivity index (χ4v) is 1.60. The molecule has 0 saturated carbocycles. The number of carbonyl (C=O) groups excluding carboxylic acids is 1. The zero-order valence-electron chi connectivity index (χ0n) is 9.84. The van der Waals surface area contributed by atoms with E-state index < -0.39 is 0 Å². The number of nitrogens with zero attached hydrogens (tertiary/aromatic N) is 3. The van der Waals surface area contributed by atoms with Crippen molar-refractivity contribution in [1.29, 1.82) is 0 Å². The van der Waals surface area contributed by atoms with Crippen LogP contribution in [0.2, 0.25) is 0 Å². The summed E-state index contributed by atoms with van der Waals surface area (Å²) in [5.41, 5.74) is 0.467. The predicted molar refractivity (Wildman–Crippen MR) is 59.1 cm³/mol. The summed E-state index contributed by atoms with van der Waals surface area (Å²) in [4.78, 5) is 13.5. The maximum atomic E-state index is 11.9. The van der Waals surface area contributed by atoms with Crippen molar-refractivity contribution in [3.05, 3.63) is 18.0 Å². The number of aliphatic hydroxyl groups excluding tert-OH is 1. The smallest absolute Gasteiger partial charge is 0.257 e. The molecule has 1 N–H and O–H groups in total. The van der Waals surface area contributed by atoms with E-state index in [2.05, 4.69) is 5.10 Å². The highest BCUT2D eigenvalue weighted by atomic mass is 16.3. The summed E-state index contributed by atoms with van der Waals surface area (Å²) in [6.45, 7) is 6.95. The van der Waals surface area contributed by atoms with Gasteiger partial charge in [-0.25, -0.2) is 0 Å². The van der Waals surface area contributed by atoms with Gasteiger partial charge in [-0.2, -0.15) is 5.10 Å². The lowest BCUT2D eigenvalue weighted by molar-refractivity contribution is 0.00588. The van der Waals surface area contributed by atoms with Gasteiger partial charge in [0, 0.05) is 19.3 Å². The number of aromatic nitrogens is 2. The summed E-state index contributed by atoms with van der Waals surface area (Å²) in [5, 5.41) is 13.3. The molecular formula is C11H17N3O2. The Balaban J connectivity index is 2.10. The molecule has 1 aromatic rings. The molecule has 0 aliphatic carbocycles. The fourth-order valence-electron chi connectivity index (χ4n) is 1.60. The van der Waals surface area contributed by atoms with Crippen molar-refractivity contribution in [2.45, 2.75) is 32.4 Å². The van der Waals surface area contributed by atoms with Gasteiger partial charge in [0.25, 0.3) is 5.91 Å². The van der Waals surface area contributed by atoms with E-state index in [4.69, 9.17) is 5.11 Å². The Labute approximate surface area is 94.7 Å². The topological polar surface area (TPSA) is 58.4 Å². The molecule has 0 bridgehead atoms. The van der Waals surface area contributed by atoms with Crippen LogP contribution in [0.1, 0.15) is 31.1 Å². The molecule has 0 radical (unpaired) electrons. The van der Waals surface area contributed by atoms with Crippen molar-refractivity contribution in [2.24, 2.45) is 0 Å². The number of likely N-dealkylation sites (tertiary alicyclic amines) is 1. The molecular weight excluding hydrogens is 206 g/mol. The lowest BCUT2D eigenvalue weighted by atomic mass is 10.1. The number of hydrogen-bond donors (Lipinski definition) is 1.